The average molecular weight is 360 g/mol. The van der Waals surface area contributed by atoms with Crippen LogP contribution in [0.5, 0.6) is 28.7 Å². The van der Waals surface area contributed by atoms with Crippen LogP contribution in [0.15, 0.2) is 30.3 Å². The van der Waals surface area contributed by atoms with E-state index in [9.17, 15) is 24.9 Å². The zero-order chi connectivity index (χ0) is 19.0. The van der Waals surface area contributed by atoms with Gasteiger partial charge in [0.05, 0.1) is 7.11 Å². The molecule has 8 heteroatoms. The number of phenols is 3. The molecule has 0 bridgehead atoms. The van der Waals surface area contributed by atoms with Crippen molar-refractivity contribution in [2.45, 2.75) is 19.1 Å². The normalized spacial score (nSPS) is 18.6. The highest BCUT2D eigenvalue weighted by atomic mass is 16.6. The molecule has 8 nitrogen and oxygen atoms in total. The minimum atomic E-state index is -1.37. The Morgan fingerprint density at radius 1 is 1.08 bits per heavy atom. The van der Waals surface area contributed by atoms with Gasteiger partial charge < -0.3 is 29.5 Å². The minimum Gasteiger partial charge on any atom is -0.507 e. The van der Waals surface area contributed by atoms with E-state index in [-0.39, 0.29) is 28.6 Å². The van der Waals surface area contributed by atoms with Crippen molar-refractivity contribution in [2.75, 3.05) is 7.11 Å². The summed E-state index contributed by atoms with van der Waals surface area (Å²) in [6.07, 6.45) is -2.46. The second-order valence-corrected chi connectivity index (χ2v) is 5.70. The predicted octanol–water partition coefficient (Wildman–Crippen LogP) is 2.06. The van der Waals surface area contributed by atoms with Crippen LogP contribution in [-0.2, 0) is 9.53 Å². The van der Waals surface area contributed by atoms with Crippen LogP contribution in [0.2, 0.25) is 0 Å². The highest BCUT2D eigenvalue weighted by molar-refractivity contribution is 6.06. The fraction of sp³-hybridized carbons (Fsp3) is 0.222. The number of hydrogen-bond acceptors (Lipinski definition) is 8. The molecule has 2 aromatic rings. The van der Waals surface area contributed by atoms with Crippen molar-refractivity contribution in [3.63, 3.8) is 0 Å². The topological polar surface area (TPSA) is 123 Å². The molecule has 136 valence electrons. The molecule has 2 atom stereocenters. The number of ether oxygens (including phenoxy) is 3. The van der Waals surface area contributed by atoms with Gasteiger partial charge in [-0.05, 0) is 12.1 Å². The Hall–Kier alpha value is -3.42. The van der Waals surface area contributed by atoms with Crippen LogP contribution >= 0.6 is 0 Å². The van der Waals surface area contributed by atoms with Crippen LogP contribution in [0.4, 0.5) is 0 Å². The van der Waals surface area contributed by atoms with E-state index in [1.54, 1.807) is 0 Å². The van der Waals surface area contributed by atoms with Crippen molar-refractivity contribution in [2.24, 2.45) is 0 Å². The summed E-state index contributed by atoms with van der Waals surface area (Å²) in [4.78, 5) is 24.3. The quantitative estimate of drug-likeness (QED) is 0.561. The number of carbonyl (C=O) groups is 2. The van der Waals surface area contributed by atoms with Gasteiger partial charge in [-0.1, -0.05) is 6.07 Å². The second kappa shape index (κ2) is 6.47. The Morgan fingerprint density at radius 3 is 2.42 bits per heavy atom. The molecule has 0 saturated heterocycles. The maximum absolute atomic E-state index is 12.8. The van der Waals surface area contributed by atoms with Crippen molar-refractivity contribution < 1.29 is 39.1 Å². The summed E-state index contributed by atoms with van der Waals surface area (Å²) in [5.41, 5.74) is 0.171. The average Bonchev–Trinajstić information content (AvgIpc) is 2.58. The molecule has 1 aliphatic heterocycles. The lowest BCUT2D eigenvalue weighted by Gasteiger charge is -2.32. The zero-order valence-electron chi connectivity index (χ0n) is 13.9. The summed E-state index contributed by atoms with van der Waals surface area (Å²) < 4.78 is 16.0. The molecule has 0 aliphatic carbocycles. The van der Waals surface area contributed by atoms with E-state index in [1.165, 1.54) is 37.4 Å². The monoisotopic (exact) mass is 360 g/mol. The Bertz CT molecular complexity index is 889. The molecule has 0 spiro atoms. The lowest BCUT2D eigenvalue weighted by atomic mass is 9.92. The molecular weight excluding hydrogens is 344 g/mol. The molecule has 0 aromatic heterocycles. The van der Waals surface area contributed by atoms with Gasteiger partial charge in [-0.15, -0.1) is 0 Å². The molecule has 0 radical (unpaired) electrons. The first kappa shape index (κ1) is 17.4. The first-order valence-electron chi connectivity index (χ1n) is 7.62. The lowest BCUT2D eigenvalue weighted by molar-refractivity contribution is -0.148. The van der Waals surface area contributed by atoms with Crippen molar-refractivity contribution in [3.8, 4) is 28.7 Å². The van der Waals surface area contributed by atoms with Gasteiger partial charge in [-0.3, -0.25) is 9.59 Å². The first-order chi connectivity index (χ1) is 12.3. The third-order valence-electron chi connectivity index (χ3n) is 3.95. The summed E-state index contributed by atoms with van der Waals surface area (Å²) in [7, 11) is 1.39. The SMILES string of the molecule is COc1cc(O)c2c(c1)O[C@H](c1ccc(O)c(O)c1)[C@H](OC(C)=O)C2=O. The number of fused-ring (bicyclic) bond motifs is 1. The van der Waals surface area contributed by atoms with Gasteiger partial charge in [0.15, 0.2) is 17.6 Å². The van der Waals surface area contributed by atoms with Gasteiger partial charge in [0.1, 0.15) is 22.8 Å². The van der Waals surface area contributed by atoms with Gasteiger partial charge in [-0.2, -0.15) is 0 Å². The highest BCUT2D eigenvalue weighted by Crippen LogP contribution is 2.43. The summed E-state index contributed by atoms with van der Waals surface area (Å²) in [5.74, 6) is -2.18. The van der Waals surface area contributed by atoms with Gasteiger partial charge in [0, 0.05) is 24.6 Å². The molecule has 26 heavy (non-hydrogen) atoms. The fourth-order valence-corrected chi connectivity index (χ4v) is 2.77. The maximum atomic E-state index is 12.8. The number of carbonyl (C=O) groups excluding carboxylic acids is 2. The van der Waals surface area contributed by atoms with Crippen molar-refractivity contribution in [1.29, 1.82) is 0 Å². The predicted molar refractivity (Wildman–Crippen MR) is 87.7 cm³/mol. The summed E-state index contributed by atoms with van der Waals surface area (Å²) in [6, 6.07) is 6.52. The minimum absolute atomic E-state index is 0.0489. The van der Waals surface area contributed by atoms with Crippen molar-refractivity contribution in [3.05, 3.63) is 41.5 Å². The molecule has 1 heterocycles. The molecule has 0 amide bonds. The number of rotatable bonds is 3. The van der Waals surface area contributed by atoms with Gasteiger partial charge in [0.2, 0.25) is 11.9 Å². The smallest absolute Gasteiger partial charge is 0.303 e. The van der Waals surface area contributed by atoms with Crippen LogP contribution in [0, 0.1) is 0 Å². The summed E-state index contributed by atoms with van der Waals surface area (Å²) >= 11 is 0. The molecule has 0 saturated carbocycles. The van der Waals surface area contributed by atoms with Gasteiger partial charge in [-0.25, -0.2) is 0 Å². The van der Waals surface area contributed by atoms with Crippen molar-refractivity contribution >= 4 is 11.8 Å². The second-order valence-electron chi connectivity index (χ2n) is 5.70. The van der Waals surface area contributed by atoms with Crippen LogP contribution in [-0.4, -0.2) is 40.3 Å². The van der Waals surface area contributed by atoms with Gasteiger partial charge in [0.25, 0.3) is 0 Å². The molecule has 2 aromatic carbocycles. The molecule has 1 aliphatic rings. The summed E-state index contributed by atoms with van der Waals surface area (Å²) in [5, 5.41) is 29.3. The van der Waals surface area contributed by atoms with E-state index < -0.39 is 29.7 Å². The van der Waals surface area contributed by atoms with E-state index in [0.717, 1.165) is 6.92 Å². The molecule has 3 N–H and O–H groups in total. The Balaban J connectivity index is 2.13. The van der Waals surface area contributed by atoms with Crippen molar-refractivity contribution in [1.82, 2.24) is 0 Å². The Labute approximate surface area is 148 Å². The van der Waals surface area contributed by atoms with E-state index in [2.05, 4.69) is 0 Å². The zero-order valence-corrected chi connectivity index (χ0v) is 13.9. The maximum Gasteiger partial charge on any atom is 0.303 e. The standard InChI is InChI=1S/C18H16O8/c1-8(19)25-18-16(23)15-13(22)6-10(24-2)7-14(15)26-17(18)9-3-4-11(20)12(21)5-9/h3-7,17-18,20-22H,1-2H3/t17-,18-/m1/s1. The van der Waals surface area contributed by atoms with E-state index >= 15 is 0 Å². The number of esters is 1. The summed E-state index contributed by atoms with van der Waals surface area (Å²) in [6.45, 7) is 1.14. The fourth-order valence-electron chi connectivity index (χ4n) is 2.77. The number of ketones is 1. The number of methoxy groups -OCH3 is 1. The van der Waals surface area contributed by atoms with E-state index in [1.807, 2.05) is 0 Å². The van der Waals surface area contributed by atoms with Crippen LogP contribution in [0.1, 0.15) is 28.9 Å². The number of aromatic hydroxyl groups is 3. The number of phenolic OH excluding ortho intramolecular Hbond substituents is 3. The van der Waals surface area contributed by atoms with E-state index in [4.69, 9.17) is 14.2 Å². The third kappa shape index (κ3) is 2.97. The number of Topliss-reactive ketones (excluding diaryl/α,β-unsaturated/α-hetero) is 1. The molecule has 0 fully saturated rings. The Morgan fingerprint density at radius 2 is 1.81 bits per heavy atom. The van der Waals surface area contributed by atoms with E-state index in [0.29, 0.717) is 5.56 Å². The molecular formula is C18H16O8. The Kier molecular flexibility index (Phi) is 4.33. The first-order valence-corrected chi connectivity index (χ1v) is 7.62. The highest BCUT2D eigenvalue weighted by Gasteiger charge is 2.42. The number of benzene rings is 2. The largest absolute Gasteiger partial charge is 0.507 e. The van der Waals surface area contributed by atoms with Crippen LogP contribution < -0.4 is 9.47 Å². The van der Waals surface area contributed by atoms with Crippen LogP contribution in [0.3, 0.4) is 0 Å². The van der Waals surface area contributed by atoms with Crippen LogP contribution in [0.25, 0.3) is 0 Å². The third-order valence-corrected chi connectivity index (χ3v) is 3.95. The molecule has 3 rings (SSSR count). The molecule has 0 unspecified atom stereocenters. The number of hydrogen-bond donors (Lipinski definition) is 3. The lowest BCUT2D eigenvalue weighted by Crippen LogP contribution is -2.39. The van der Waals surface area contributed by atoms with Gasteiger partial charge >= 0.3 is 5.97 Å².